The topological polar surface area (TPSA) is 0 Å². The lowest BCUT2D eigenvalue weighted by molar-refractivity contribution is 0.585. The molecule has 0 nitrogen and oxygen atoms in total. The van der Waals surface area contributed by atoms with E-state index in [1.807, 2.05) is 13.8 Å². The van der Waals surface area contributed by atoms with Gasteiger partial charge in [0.2, 0.25) is 0 Å². The predicted molar refractivity (Wildman–Crippen MR) is 65.9 cm³/mol. The average Bonchev–Trinajstić information content (AvgIpc) is 2.95. The maximum atomic E-state index is 2.42. The highest BCUT2D eigenvalue weighted by atomic mass is 14.4. The molecule has 0 spiro atoms. The van der Waals surface area contributed by atoms with E-state index in [0.29, 0.717) is 0 Å². The third-order valence-corrected chi connectivity index (χ3v) is 3.51. The molecule has 0 aliphatic heterocycles. The van der Waals surface area contributed by atoms with Gasteiger partial charge in [-0.2, -0.15) is 0 Å². The molecule has 2 bridgehead atoms. The van der Waals surface area contributed by atoms with Crippen LogP contribution in [0.4, 0.5) is 0 Å². The van der Waals surface area contributed by atoms with Crippen molar-refractivity contribution in [2.24, 2.45) is 11.8 Å². The molecule has 3 atom stereocenters. The summed E-state index contributed by atoms with van der Waals surface area (Å²) in [7, 11) is 0. The van der Waals surface area contributed by atoms with Gasteiger partial charge in [-0.3, -0.25) is 0 Å². The molecule has 80 valence electrons. The Morgan fingerprint density at radius 3 is 2.20 bits per heavy atom. The summed E-state index contributed by atoms with van der Waals surface area (Å²) in [6.45, 7) is 4.00. The molecule has 0 heterocycles. The Kier molecular flexibility index (Phi) is 3.25. The minimum Gasteiger partial charge on any atom is -0.0851 e. The van der Waals surface area contributed by atoms with Gasteiger partial charge in [-0.05, 0) is 36.2 Å². The molecule has 0 heteroatoms. The fraction of sp³-hybridized carbons (Fsp3) is 0.467. The molecule has 0 N–H and O–H groups in total. The molecule has 1 fully saturated rings. The van der Waals surface area contributed by atoms with Crippen molar-refractivity contribution in [1.29, 1.82) is 0 Å². The Hall–Kier alpha value is -1.04. The monoisotopic (exact) mass is 200 g/mol. The van der Waals surface area contributed by atoms with Crippen molar-refractivity contribution < 1.29 is 0 Å². The highest BCUT2D eigenvalue weighted by Crippen LogP contribution is 2.48. The lowest BCUT2D eigenvalue weighted by atomic mass is 9.87. The van der Waals surface area contributed by atoms with E-state index >= 15 is 0 Å². The zero-order chi connectivity index (χ0) is 10.7. The van der Waals surface area contributed by atoms with E-state index in [1.165, 1.54) is 12.8 Å². The van der Waals surface area contributed by atoms with Gasteiger partial charge in [0.1, 0.15) is 0 Å². The van der Waals surface area contributed by atoms with Gasteiger partial charge in [-0.1, -0.05) is 56.3 Å². The quantitative estimate of drug-likeness (QED) is 0.590. The molecule has 1 aromatic rings. The largest absolute Gasteiger partial charge is 0.0851 e. The molecular weight excluding hydrogens is 180 g/mol. The Morgan fingerprint density at radius 1 is 0.933 bits per heavy atom. The van der Waals surface area contributed by atoms with Gasteiger partial charge in [-0.15, -0.1) is 0 Å². The van der Waals surface area contributed by atoms with Crippen LogP contribution in [-0.4, -0.2) is 0 Å². The summed E-state index contributed by atoms with van der Waals surface area (Å²) in [6, 6.07) is 11.0. The SMILES string of the molecule is C1=CC2CC1CC2c1ccccc1.CC. The van der Waals surface area contributed by atoms with Crippen LogP contribution >= 0.6 is 0 Å². The Morgan fingerprint density at radius 2 is 1.67 bits per heavy atom. The molecule has 0 amide bonds. The van der Waals surface area contributed by atoms with Gasteiger partial charge in [0.25, 0.3) is 0 Å². The van der Waals surface area contributed by atoms with Crippen LogP contribution < -0.4 is 0 Å². The second-order valence-electron chi connectivity index (χ2n) is 4.30. The van der Waals surface area contributed by atoms with Crippen LogP contribution in [0.1, 0.15) is 38.2 Å². The van der Waals surface area contributed by atoms with Crippen molar-refractivity contribution in [3.8, 4) is 0 Å². The number of hydrogen-bond acceptors (Lipinski definition) is 0. The van der Waals surface area contributed by atoms with Crippen molar-refractivity contribution in [2.75, 3.05) is 0 Å². The normalized spacial score (nSPS) is 31.2. The number of benzene rings is 1. The van der Waals surface area contributed by atoms with Gasteiger partial charge in [0.05, 0.1) is 0 Å². The van der Waals surface area contributed by atoms with E-state index in [-0.39, 0.29) is 0 Å². The van der Waals surface area contributed by atoms with E-state index in [4.69, 9.17) is 0 Å². The first-order valence-electron chi connectivity index (χ1n) is 6.17. The van der Waals surface area contributed by atoms with E-state index in [2.05, 4.69) is 42.5 Å². The van der Waals surface area contributed by atoms with E-state index in [1.54, 1.807) is 5.56 Å². The summed E-state index contributed by atoms with van der Waals surface area (Å²) in [5.74, 6) is 2.54. The van der Waals surface area contributed by atoms with Gasteiger partial charge >= 0.3 is 0 Å². The molecule has 0 radical (unpaired) electrons. The van der Waals surface area contributed by atoms with Crippen molar-refractivity contribution in [2.45, 2.75) is 32.6 Å². The third-order valence-electron chi connectivity index (χ3n) is 3.51. The van der Waals surface area contributed by atoms with Crippen LogP contribution in [0.25, 0.3) is 0 Å². The molecule has 0 aromatic heterocycles. The fourth-order valence-electron chi connectivity index (χ4n) is 2.86. The minimum absolute atomic E-state index is 0.816. The molecule has 2 aliphatic rings. The second kappa shape index (κ2) is 4.65. The third kappa shape index (κ3) is 1.99. The summed E-state index contributed by atoms with van der Waals surface area (Å²) in [5, 5.41) is 0. The van der Waals surface area contributed by atoms with Crippen LogP contribution in [-0.2, 0) is 0 Å². The first kappa shape index (κ1) is 10.5. The molecule has 3 rings (SSSR count). The van der Waals surface area contributed by atoms with Gasteiger partial charge in [-0.25, -0.2) is 0 Å². The number of fused-ring (bicyclic) bond motifs is 2. The molecule has 1 aromatic carbocycles. The molecule has 15 heavy (non-hydrogen) atoms. The molecular formula is C15H20. The van der Waals surface area contributed by atoms with Crippen LogP contribution in [0.3, 0.4) is 0 Å². The Bertz CT molecular complexity index is 323. The van der Waals surface area contributed by atoms with Crippen LogP contribution in [0.15, 0.2) is 42.5 Å². The highest BCUT2D eigenvalue weighted by Gasteiger charge is 2.35. The second-order valence-corrected chi connectivity index (χ2v) is 4.30. The first-order valence-corrected chi connectivity index (χ1v) is 6.17. The van der Waals surface area contributed by atoms with Crippen molar-refractivity contribution in [1.82, 2.24) is 0 Å². The van der Waals surface area contributed by atoms with E-state index < -0.39 is 0 Å². The summed E-state index contributed by atoms with van der Waals surface area (Å²) < 4.78 is 0. The Balaban J connectivity index is 0.000000404. The molecule has 0 saturated heterocycles. The first-order chi connectivity index (χ1) is 7.43. The lowest BCUT2D eigenvalue weighted by Crippen LogP contribution is -2.04. The van der Waals surface area contributed by atoms with Crippen molar-refractivity contribution >= 4 is 0 Å². The fourth-order valence-corrected chi connectivity index (χ4v) is 2.86. The zero-order valence-electron chi connectivity index (χ0n) is 9.69. The standard InChI is InChI=1S/C13H14.C2H6/c1-2-4-11(5-3-1)13-9-10-6-7-12(13)8-10;1-2/h1-7,10,12-13H,8-9H2;1-2H3. The maximum Gasteiger partial charge on any atom is -0.00932 e. The summed E-state index contributed by atoms with van der Waals surface area (Å²) in [6.07, 6.45) is 7.61. The van der Waals surface area contributed by atoms with Gasteiger partial charge < -0.3 is 0 Å². The molecule has 2 aliphatic carbocycles. The highest BCUT2D eigenvalue weighted by molar-refractivity contribution is 5.27. The van der Waals surface area contributed by atoms with Crippen molar-refractivity contribution in [3.05, 3.63) is 48.0 Å². The molecule has 3 unspecified atom stereocenters. The predicted octanol–water partition coefficient (Wildman–Crippen LogP) is 4.39. The van der Waals surface area contributed by atoms with E-state index in [0.717, 1.165) is 17.8 Å². The van der Waals surface area contributed by atoms with E-state index in [9.17, 15) is 0 Å². The summed E-state index contributed by atoms with van der Waals surface area (Å²) >= 11 is 0. The Labute approximate surface area is 93.0 Å². The average molecular weight is 200 g/mol. The van der Waals surface area contributed by atoms with Gasteiger partial charge in [0, 0.05) is 0 Å². The summed E-state index contributed by atoms with van der Waals surface area (Å²) in [4.78, 5) is 0. The van der Waals surface area contributed by atoms with Crippen LogP contribution in [0.5, 0.6) is 0 Å². The smallest absolute Gasteiger partial charge is 0.00932 e. The van der Waals surface area contributed by atoms with Gasteiger partial charge in [0.15, 0.2) is 0 Å². The zero-order valence-corrected chi connectivity index (χ0v) is 9.69. The maximum absolute atomic E-state index is 2.42. The summed E-state index contributed by atoms with van der Waals surface area (Å²) in [5.41, 5.74) is 1.54. The minimum atomic E-state index is 0.816. The number of allylic oxidation sites excluding steroid dienone is 2. The number of rotatable bonds is 1. The lowest BCUT2D eigenvalue weighted by Gasteiger charge is -2.17. The van der Waals surface area contributed by atoms with Crippen LogP contribution in [0, 0.1) is 11.8 Å². The van der Waals surface area contributed by atoms with Crippen LogP contribution in [0.2, 0.25) is 0 Å². The number of hydrogen-bond donors (Lipinski definition) is 0. The van der Waals surface area contributed by atoms with Crippen molar-refractivity contribution in [3.63, 3.8) is 0 Å². The molecule has 1 saturated carbocycles.